The molecule has 9 nitrogen and oxygen atoms in total. The van der Waals surface area contributed by atoms with E-state index in [0.717, 1.165) is 5.56 Å². The quantitative estimate of drug-likeness (QED) is 0.267. The van der Waals surface area contributed by atoms with E-state index in [-0.39, 0.29) is 23.3 Å². The maximum atomic E-state index is 13.4. The second-order valence-electron chi connectivity index (χ2n) is 11.4. The van der Waals surface area contributed by atoms with E-state index in [2.05, 4.69) is 16.0 Å². The molecule has 0 radical (unpaired) electrons. The van der Waals surface area contributed by atoms with Gasteiger partial charge in [0.1, 0.15) is 6.04 Å². The van der Waals surface area contributed by atoms with Crippen molar-refractivity contribution in [1.29, 1.82) is 0 Å². The molecule has 0 aliphatic rings. The van der Waals surface area contributed by atoms with Gasteiger partial charge in [-0.3, -0.25) is 9.59 Å². The van der Waals surface area contributed by atoms with Crippen LogP contribution < -0.4 is 16.0 Å². The van der Waals surface area contributed by atoms with Gasteiger partial charge in [-0.1, -0.05) is 84.9 Å². The largest absolute Gasteiger partial charge is 0.490 e. The van der Waals surface area contributed by atoms with Gasteiger partial charge in [0.05, 0.1) is 12.1 Å². The molecule has 40 heavy (non-hydrogen) atoms. The van der Waals surface area contributed by atoms with Crippen LogP contribution in [0.15, 0.2) is 42.0 Å². The van der Waals surface area contributed by atoms with E-state index in [1.54, 1.807) is 13.1 Å². The van der Waals surface area contributed by atoms with Gasteiger partial charge < -0.3 is 26.2 Å². The summed E-state index contributed by atoms with van der Waals surface area (Å²) < 4.78 is 31.7. The number of halogens is 3. The van der Waals surface area contributed by atoms with Crippen molar-refractivity contribution in [1.82, 2.24) is 16.0 Å². The zero-order valence-corrected chi connectivity index (χ0v) is 24.4. The monoisotopic (exact) mass is 573 g/mol. The number of benzene rings is 1. The van der Waals surface area contributed by atoms with Crippen LogP contribution in [0.25, 0.3) is 0 Å². The number of carboxylic acids is 2. The normalized spacial score (nSPS) is 14.8. The summed E-state index contributed by atoms with van der Waals surface area (Å²) in [5.74, 6) is -4.44. The Kier molecular flexibility index (Phi) is 13.6. The number of hydrogen-bond donors (Lipinski definition) is 5. The molecule has 0 aromatic heterocycles. The summed E-state index contributed by atoms with van der Waals surface area (Å²) in [6, 6.07) is 7.90. The Morgan fingerprint density at radius 3 is 1.65 bits per heavy atom. The lowest BCUT2D eigenvalue weighted by Gasteiger charge is -2.37. The van der Waals surface area contributed by atoms with Crippen molar-refractivity contribution in [3.05, 3.63) is 47.5 Å². The molecule has 1 aromatic carbocycles. The first-order valence-electron chi connectivity index (χ1n) is 12.6. The first kappa shape index (κ1) is 36.6. The van der Waals surface area contributed by atoms with Crippen LogP contribution >= 0.6 is 0 Å². The Hall–Kier alpha value is -3.41. The van der Waals surface area contributed by atoms with Crippen molar-refractivity contribution in [3.63, 3.8) is 0 Å². The van der Waals surface area contributed by atoms with Gasteiger partial charge in [0.2, 0.25) is 11.8 Å². The minimum atomic E-state index is -5.08. The summed E-state index contributed by atoms with van der Waals surface area (Å²) >= 11 is 0. The van der Waals surface area contributed by atoms with Gasteiger partial charge in [0.25, 0.3) is 0 Å². The summed E-state index contributed by atoms with van der Waals surface area (Å²) in [4.78, 5) is 46.9. The van der Waals surface area contributed by atoms with Crippen molar-refractivity contribution in [2.75, 3.05) is 7.05 Å². The van der Waals surface area contributed by atoms with Crippen molar-refractivity contribution in [2.24, 2.45) is 11.3 Å². The maximum absolute atomic E-state index is 13.4. The molecular weight excluding hydrogens is 531 g/mol. The minimum Gasteiger partial charge on any atom is -0.478 e. The summed E-state index contributed by atoms with van der Waals surface area (Å²) in [7, 11) is 1.73. The molecule has 0 aliphatic heterocycles. The maximum Gasteiger partial charge on any atom is 0.490 e. The van der Waals surface area contributed by atoms with Gasteiger partial charge in [-0.05, 0) is 30.9 Å². The van der Waals surface area contributed by atoms with Crippen LogP contribution in [-0.4, -0.2) is 65.3 Å². The van der Waals surface area contributed by atoms with E-state index in [4.69, 9.17) is 9.90 Å². The number of carboxylic acid groups (broad SMARTS) is 2. The third kappa shape index (κ3) is 11.4. The van der Waals surface area contributed by atoms with Gasteiger partial charge in [0.15, 0.2) is 0 Å². The first-order chi connectivity index (χ1) is 18.1. The fraction of sp³-hybridized carbons (Fsp3) is 0.571. The zero-order valence-electron chi connectivity index (χ0n) is 24.4. The fourth-order valence-corrected chi connectivity index (χ4v) is 3.74. The Labute approximate surface area is 233 Å². The van der Waals surface area contributed by atoms with Gasteiger partial charge in [0, 0.05) is 11.0 Å². The molecule has 12 heteroatoms. The minimum absolute atomic E-state index is 0.0263. The molecule has 0 bridgehead atoms. The number of aliphatic carboxylic acids is 2. The van der Waals surface area contributed by atoms with Gasteiger partial charge in [-0.2, -0.15) is 13.2 Å². The third-order valence-electron chi connectivity index (χ3n) is 6.24. The van der Waals surface area contributed by atoms with Crippen LogP contribution in [0.5, 0.6) is 0 Å². The van der Waals surface area contributed by atoms with Crippen molar-refractivity contribution >= 4 is 23.8 Å². The molecular formula is C28H42F3N3O6. The van der Waals surface area contributed by atoms with Crippen LogP contribution in [0, 0.1) is 11.3 Å². The summed E-state index contributed by atoms with van der Waals surface area (Å²) in [6.07, 6.45) is -3.54. The van der Waals surface area contributed by atoms with Crippen LogP contribution in [0.1, 0.15) is 61.0 Å². The zero-order chi connectivity index (χ0) is 31.6. The second kappa shape index (κ2) is 14.8. The number of nitrogens with one attached hydrogen (secondary N) is 3. The topological polar surface area (TPSA) is 145 Å². The Morgan fingerprint density at radius 2 is 1.30 bits per heavy atom. The molecule has 0 heterocycles. The summed E-state index contributed by atoms with van der Waals surface area (Å²) in [5, 5.41) is 25.3. The smallest absolute Gasteiger partial charge is 0.478 e. The molecule has 0 saturated heterocycles. The average molecular weight is 574 g/mol. The van der Waals surface area contributed by atoms with Crippen LogP contribution in [0.4, 0.5) is 13.2 Å². The van der Waals surface area contributed by atoms with Gasteiger partial charge in [-0.15, -0.1) is 0 Å². The third-order valence-corrected chi connectivity index (χ3v) is 6.24. The lowest BCUT2D eigenvalue weighted by molar-refractivity contribution is -0.192. The van der Waals surface area contributed by atoms with Crippen LogP contribution in [0.3, 0.4) is 0 Å². The molecule has 2 amide bonds. The summed E-state index contributed by atoms with van der Waals surface area (Å²) in [6.45, 7) is 14.9. The number of carbonyl (C=O) groups excluding carboxylic acids is 2. The highest BCUT2D eigenvalue weighted by atomic mass is 19.4. The van der Waals surface area contributed by atoms with Crippen molar-refractivity contribution < 1.29 is 42.6 Å². The molecule has 0 aliphatic carbocycles. The van der Waals surface area contributed by atoms with Gasteiger partial charge in [-0.25, -0.2) is 9.59 Å². The Morgan fingerprint density at radius 1 is 0.850 bits per heavy atom. The highest BCUT2D eigenvalue weighted by Gasteiger charge is 2.40. The average Bonchev–Trinajstić information content (AvgIpc) is 2.81. The number of amides is 2. The number of likely N-dealkylation sites (N-methyl/N-ethyl adjacent to an activating group) is 1. The van der Waals surface area contributed by atoms with Crippen molar-refractivity contribution in [2.45, 2.75) is 85.1 Å². The predicted octanol–water partition coefficient (Wildman–Crippen LogP) is 3.89. The summed E-state index contributed by atoms with van der Waals surface area (Å²) in [5.41, 5.74) is 0.0682. The number of alkyl halides is 3. The molecule has 0 spiro atoms. The predicted molar refractivity (Wildman–Crippen MR) is 146 cm³/mol. The standard InChI is InChI=1S/C26H41N3O4.C2HF3O2/c1-16(2)19(15-17(3)24(32)33)28-22(30)20(25(4,5)6)29-23(31)21(27-9)26(7,8)18-13-11-10-12-14-18;3-2(4,5)1(6)7/h10-16,19-21,27H,1-9H3,(H,28,30)(H,29,31)(H,32,33);(H,6,7)/b17-15+;/t19-,20-,21-;/m1./s1. The molecule has 1 aromatic rings. The van der Waals surface area contributed by atoms with E-state index in [0.29, 0.717) is 0 Å². The molecule has 0 unspecified atom stereocenters. The molecule has 3 atom stereocenters. The van der Waals surface area contributed by atoms with Crippen LogP contribution in [0.2, 0.25) is 0 Å². The van der Waals surface area contributed by atoms with E-state index >= 15 is 0 Å². The van der Waals surface area contributed by atoms with Crippen molar-refractivity contribution in [3.8, 4) is 0 Å². The number of rotatable bonds is 10. The molecule has 0 fully saturated rings. The SMILES string of the molecule is CN[C@H](C(=O)N[C@H](C(=O)N[C@H](/C=C(\C)C(=O)O)C(C)C)C(C)(C)C)C(C)(C)c1ccccc1.O=C(O)C(F)(F)F. The number of hydrogen-bond acceptors (Lipinski definition) is 5. The molecule has 5 N–H and O–H groups in total. The van der Waals surface area contributed by atoms with E-state index < -0.39 is 47.1 Å². The highest BCUT2D eigenvalue weighted by Crippen LogP contribution is 2.28. The lowest BCUT2D eigenvalue weighted by atomic mass is 9.76. The highest BCUT2D eigenvalue weighted by molar-refractivity contribution is 5.91. The Balaban J connectivity index is 0.00000191. The number of carbonyl (C=O) groups is 4. The Bertz CT molecular complexity index is 1050. The molecule has 226 valence electrons. The molecule has 1 rings (SSSR count). The lowest BCUT2D eigenvalue weighted by Crippen LogP contribution is -2.61. The van der Waals surface area contributed by atoms with E-state index in [1.165, 1.54) is 6.92 Å². The fourth-order valence-electron chi connectivity index (χ4n) is 3.74. The van der Waals surface area contributed by atoms with E-state index in [9.17, 15) is 32.7 Å². The second-order valence-corrected chi connectivity index (χ2v) is 11.4. The van der Waals surface area contributed by atoms with Crippen LogP contribution in [-0.2, 0) is 24.6 Å². The first-order valence-corrected chi connectivity index (χ1v) is 12.6. The van der Waals surface area contributed by atoms with Gasteiger partial charge >= 0.3 is 18.1 Å². The van der Waals surface area contributed by atoms with E-state index in [1.807, 2.05) is 78.8 Å². The molecule has 0 saturated carbocycles.